The molecule has 29 N–H and O–H groups in total. The second kappa shape index (κ2) is 39.1. The summed E-state index contributed by atoms with van der Waals surface area (Å²) in [4.78, 5) is 143. The maximum atomic E-state index is 12.3. The number of aliphatic carboxylic acids is 10. The summed E-state index contributed by atoms with van der Waals surface area (Å²) in [6, 6.07) is -0.642. The van der Waals surface area contributed by atoms with Crippen LogP contribution in [0.4, 0.5) is 11.6 Å². The van der Waals surface area contributed by atoms with Crippen molar-refractivity contribution in [3.63, 3.8) is 0 Å². The molecule has 38 heteroatoms. The summed E-state index contributed by atoms with van der Waals surface area (Å²) in [5.74, 6) is -12.5. The van der Waals surface area contributed by atoms with Crippen LogP contribution in [0.1, 0.15) is 61.0 Å². The summed E-state index contributed by atoms with van der Waals surface area (Å²) < 4.78 is 0. The van der Waals surface area contributed by atoms with Gasteiger partial charge in [-0.05, 0) is 43.5 Å². The number of benzene rings is 1. The second-order valence-electron chi connectivity index (χ2n) is 14.9. The van der Waals surface area contributed by atoms with Gasteiger partial charge in [-0.25, -0.2) is 14.8 Å². The topological polar surface area (TPSA) is 706 Å². The Morgan fingerprint density at radius 3 is 1.41 bits per heavy atom. The van der Waals surface area contributed by atoms with Crippen LogP contribution in [0.3, 0.4) is 0 Å². The monoisotopic (exact) mass is 1140 g/mol. The number of guanidine groups is 1. The van der Waals surface area contributed by atoms with Crippen molar-refractivity contribution < 1.29 is 104 Å². The molecular weight excluding hydrogens is 1070 g/mol. The standard InChI is InChI=1S/C19H19N7O6.C6H14N4O2.3C4H7NO4.C3H7NO2S/c20-19-25-15-14(17(30)26-19)23-11(8-22-15)7-21-10-3-1-9(2-4-10)16(29)24-12(18(31)32)5-6-13(27)28;7-4(5(11)12)2-1-3-10-6(8)9;3*5-2(4(8)9)1-3(6)7;4-2(1-7)3(5)6/h1-4,8,12,21H,5-7H2,(H,24,29)(H,27,28)(H,31,32)(H3,20,22,25,26,30);4H,1-3,7H2,(H,11,12)(H4,8,9,10);3*2H,1,5H2,(H,6,7)(H,8,9);2,7H,1,4H2,(H,5,6)/t;4-;4*2-/m.00000/s1. The molecule has 0 aliphatic carbocycles. The Morgan fingerprint density at radius 2 is 1.06 bits per heavy atom. The zero-order valence-electron chi connectivity index (χ0n) is 40.6. The van der Waals surface area contributed by atoms with E-state index in [1.54, 1.807) is 12.1 Å². The van der Waals surface area contributed by atoms with Crippen LogP contribution in [0.2, 0.25) is 0 Å². The molecule has 0 saturated carbocycles. The fourth-order valence-corrected chi connectivity index (χ4v) is 4.46. The van der Waals surface area contributed by atoms with E-state index in [1.165, 1.54) is 18.3 Å². The zero-order valence-corrected chi connectivity index (χ0v) is 41.5. The molecule has 2 heterocycles. The number of amides is 1. The number of hydrogen-bond acceptors (Lipinski definition) is 24. The van der Waals surface area contributed by atoms with Gasteiger partial charge in [0.15, 0.2) is 17.1 Å². The van der Waals surface area contributed by atoms with Crippen LogP contribution in [0, 0.1) is 0 Å². The van der Waals surface area contributed by atoms with Gasteiger partial charge in [-0.3, -0.25) is 62.7 Å². The molecule has 0 radical (unpaired) electrons. The number of fused-ring (bicyclic) bond motifs is 1. The molecule has 0 aliphatic heterocycles. The molecule has 3 aromatic rings. The molecule has 0 fully saturated rings. The molecule has 1 unspecified atom stereocenters. The number of nitrogens with two attached hydrogens (primary N) is 8. The third kappa shape index (κ3) is 36.5. The number of nitrogen functional groups attached to an aromatic ring is 1. The van der Waals surface area contributed by atoms with Crippen molar-refractivity contribution in [2.45, 2.75) is 87.7 Å². The van der Waals surface area contributed by atoms with Crippen molar-refractivity contribution in [3.8, 4) is 0 Å². The number of aliphatic imine (C=N–C) groups is 1. The number of nitrogens with zero attached hydrogens (tertiary/aromatic N) is 4. The number of hydrogen-bond donors (Lipinski definition) is 22. The van der Waals surface area contributed by atoms with E-state index in [0.717, 1.165) is 0 Å². The van der Waals surface area contributed by atoms with Crippen molar-refractivity contribution in [3.05, 3.63) is 52.1 Å². The number of carboxylic acids is 10. The minimum Gasteiger partial charge on any atom is -0.481 e. The molecule has 1 amide bonds. The number of rotatable bonds is 25. The van der Waals surface area contributed by atoms with E-state index >= 15 is 0 Å². The molecule has 1 aromatic carbocycles. The number of thiol groups is 1. The van der Waals surface area contributed by atoms with Gasteiger partial charge in [0.1, 0.15) is 36.3 Å². The Balaban J connectivity index is -0.00000100. The molecule has 0 saturated heterocycles. The fourth-order valence-electron chi connectivity index (χ4n) is 4.30. The molecule has 0 bridgehead atoms. The number of carbonyl (C=O) groups is 11. The van der Waals surface area contributed by atoms with Gasteiger partial charge in [-0.1, -0.05) is 0 Å². The highest BCUT2D eigenvalue weighted by Gasteiger charge is 2.22. The predicted octanol–water partition coefficient (Wildman–Crippen LogP) is -5.65. The molecule has 0 spiro atoms. The van der Waals surface area contributed by atoms with Crippen molar-refractivity contribution in [2.24, 2.45) is 45.1 Å². The number of nitrogens with one attached hydrogen (secondary N) is 3. The van der Waals surface area contributed by atoms with Crippen molar-refractivity contribution >= 4 is 107 Å². The first kappa shape index (κ1) is 72.9. The molecule has 78 heavy (non-hydrogen) atoms. The van der Waals surface area contributed by atoms with Gasteiger partial charge in [0.2, 0.25) is 5.95 Å². The number of H-pyrrole nitrogens is 1. The zero-order chi connectivity index (χ0) is 61.0. The van der Waals surface area contributed by atoms with E-state index in [-0.39, 0.29) is 53.8 Å². The Hall–Kier alpha value is -9.37. The highest BCUT2D eigenvalue weighted by molar-refractivity contribution is 7.80. The first-order valence-electron chi connectivity index (χ1n) is 21.4. The van der Waals surface area contributed by atoms with Crippen LogP contribution in [-0.4, -0.2) is 191 Å². The number of carboxylic acid groups (broad SMARTS) is 10. The maximum Gasteiger partial charge on any atom is 0.326 e. The van der Waals surface area contributed by atoms with Gasteiger partial charge in [0.25, 0.3) is 11.5 Å². The molecule has 3 rings (SSSR count). The fraction of sp³-hybridized carbons (Fsp3) is 0.400. The number of aromatic nitrogens is 4. The number of aromatic amines is 1. The molecular formula is C40H61N15O22S. The summed E-state index contributed by atoms with van der Waals surface area (Å²) >= 11 is 3.65. The lowest BCUT2D eigenvalue weighted by Crippen LogP contribution is -2.41. The lowest BCUT2D eigenvalue weighted by Gasteiger charge is -2.14. The Kier molecular flexibility index (Phi) is 36.5. The average molecular weight is 1140 g/mol. The maximum absolute atomic E-state index is 12.3. The Labute approximate surface area is 443 Å². The van der Waals surface area contributed by atoms with Gasteiger partial charge >= 0.3 is 59.7 Å². The molecule has 0 aliphatic rings. The SMILES string of the molecule is NC(N)=NCCC[C@H](N)C(=O)O.N[C@@H](CC(=O)O)C(=O)O.N[C@@H](CC(=O)O)C(=O)O.N[C@@H](CC(=O)O)C(=O)O.N[C@@H](CS)C(=O)O.Nc1nc2ncc(CNc3ccc(C(=O)NC(CCC(=O)O)C(=O)O)cc3)nc2c(=O)[nH]1. The van der Waals surface area contributed by atoms with Gasteiger partial charge in [0, 0.05) is 30.0 Å². The molecule has 37 nitrogen and oxygen atoms in total. The van der Waals surface area contributed by atoms with E-state index in [2.05, 4.69) is 48.2 Å². The van der Waals surface area contributed by atoms with Crippen LogP contribution in [0.5, 0.6) is 0 Å². The van der Waals surface area contributed by atoms with Gasteiger partial charge in [-0.15, -0.1) is 0 Å². The van der Waals surface area contributed by atoms with Crippen LogP contribution < -0.4 is 62.1 Å². The third-order valence-corrected chi connectivity index (χ3v) is 8.68. The van der Waals surface area contributed by atoms with Crippen LogP contribution >= 0.6 is 12.6 Å². The summed E-state index contributed by atoms with van der Waals surface area (Å²) in [6.07, 6.45) is 0.199. The molecule has 2 aromatic heterocycles. The van der Waals surface area contributed by atoms with Crippen molar-refractivity contribution in [2.75, 3.05) is 23.3 Å². The number of carbonyl (C=O) groups excluding carboxylic acids is 1. The van der Waals surface area contributed by atoms with Crippen molar-refractivity contribution in [1.82, 2.24) is 25.3 Å². The van der Waals surface area contributed by atoms with Crippen LogP contribution in [0.25, 0.3) is 11.2 Å². The number of anilines is 2. The van der Waals surface area contributed by atoms with E-state index in [0.29, 0.717) is 30.8 Å². The third-order valence-electron chi connectivity index (χ3n) is 8.29. The van der Waals surface area contributed by atoms with Gasteiger partial charge in [0.05, 0.1) is 37.7 Å². The second-order valence-corrected chi connectivity index (χ2v) is 15.2. The lowest BCUT2D eigenvalue weighted by molar-refractivity contribution is -0.144. The van der Waals surface area contributed by atoms with Crippen LogP contribution in [-0.2, 0) is 54.5 Å². The quantitative estimate of drug-likeness (QED) is 0.0163. The van der Waals surface area contributed by atoms with E-state index in [1.807, 2.05) is 0 Å². The highest BCUT2D eigenvalue weighted by Crippen LogP contribution is 2.12. The average Bonchev–Trinajstić information content (AvgIpc) is 3.33. The Bertz CT molecular complexity index is 2510. The van der Waals surface area contributed by atoms with Gasteiger partial charge in [-0.2, -0.15) is 17.6 Å². The molecule has 434 valence electrons. The summed E-state index contributed by atoms with van der Waals surface area (Å²) in [7, 11) is 0. The summed E-state index contributed by atoms with van der Waals surface area (Å²) in [5, 5.41) is 87.7. The predicted molar refractivity (Wildman–Crippen MR) is 270 cm³/mol. The Morgan fingerprint density at radius 1 is 0.615 bits per heavy atom. The lowest BCUT2D eigenvalue weighted by atomic mass is 10.1. The van der Waals surface area contributed by atoms with E-state index in [9.17, 15) is 57.5 Å². The van der Waals surface area contributed by atoms with E-state index in [4.69, 9.17) is 96.9 Å². The van der Waals surface area contributed by atoms with Gasteiger partial charge < -0.3 is 108 Å². The van der Waals surface area contributed by atoms with E-state index < -0.39 is 127 Å². The molecule has 6 atom stereocenters. The summed E-state index contributed by atoms with van der Waals surface area (Å²) in [5.41, 5.74) is 41.2. The first-order valence-corrected chi connectivity index (χ1v) is 22.0. The van der Waals surface area contributed by atoms with Crippen LogP contribution in [0.15, 0.2) is 40.2 Å². The minimum absolute atomic E-state index is 0.0129. The van der Waals surface area contributed by atoms with Crippen molar-refractivity contribution in [1.29, 1.82) is 0 Å². The first-order chi connectivity index (χ1) is 36.1. The minimum atomic E-state index is -1.31. The smallest absolute Gasteiger partial charge is 0.326 e. The highest BCUT2D eigenvalue weighted by atomic mass is 32.1. The largest absolute Gasteiger partial charge is 0.481 e. The summed E-state index contributed by atoms with van der Waals surface area (Å²) in [6.45, 7) is 0.651. The normalized spacial score (nSPS) is 12.2.